The second-order valence-electron chi connectivity index (χ2n) is 5.62. The van der Waals surface area contributed by atoms with Gasteiger partial charge in [-0.2, -0.15) is 13.2 Å². The number of hydrogen-bond donors (Lipinski definition) is 3. The van der Waals surface area contributed by atoms with Gasteiger partial charge in [-0.05, 0) is 30.3 Å². The highest BCUT2D eigenvalue weighted by Gasteiger charge is 2.33. The van der Waals surface area contributed by atoms with Crippen molar-refractivity contribution in [2.75, 3.05) is 23.5 Å². The average Bonchev–Trinajstić information content (AvgIpc) is 2.65. The van der Waals surface area contributed by atoms with Crippen LogP contribution < -0.4 is 21.1 Å². The smallest absolute Gasteiger partial charge is 0.418 e. The molecule has 0 amide bonds. The molecule has 2 aromatic carbocycles. The van der Waals surface area contributed by atoms with Gasteiger partial charge in [0.25, 0.3) is 0 Å². The molecule has 0 fully saturated rings. The van der Waals surface area contributed by atoms with E-state index in [9.17, 15) is 13.2 Å². The lowest BCUT2D eigenvalue weighted by Gasteiger charge is -2.17. The molecule has 1 aromatic heterocycles. The summed E-state index contributed by atoms with van der Waals surface area (Å²) in [7, 11) is 1.48. The van der Waals surface area contributed by atoms with Gasteiger partial charge in [0.05, 0.1) is 24.0 Å². The Morgan fingerprint density at radius 3 is 2.29 bits per heavy atom. The van der Waals surface area contributed by atoms with Gasteiger partial charge >= 0.3 is 6.18 Å². The topological polar surface area (TPSA) is 85.1 Å². The van der Waals surface area contributed by atoms with Gasteiger partial charge in [-0.3, -0.25) is 0 Å². The van der Waals surface area contributed by atoms with Crippen LogP contribution in [0.2, 0.25) is 5.02 Å². The fourth-order valence-corrected chi connectivity index (χ4v) is 2.64. The van der Waals surface area contributed by atoms with Crippen LogP contribution in [0.3, 0.4) is 0 Å². The molecule has 146 valence electrons. The number of alkyl halides is 3. The van der Waals surface area contributed by atoms with Gasteiger partial charge in [0.2, 0.25) is 0 Å². The molecule has 0 saturated heterocycles. The number of nitrogen functional groups attached to an aromatic ring is 1. The number of ether oxygens (including phenoxy) is 1. The number of aromatic nitrogens is 2. The van der Waals surface area contributed by atoms with Crippen LogP contribution in [0.1, 0.15) is 5.56 Å². The average molecular weight is 410 g/mol. The van der Waals surface area contributed by atoms with Crippen LogP contribution in [0.4, 0.5) is 41.9 Å². The van der Waals surface area contributed by atoms with E-state index in [0.717, 1.165) is 6.07 Å². The Morgan fingerprint density at radius 2 is 1.64 bits per heavy atom. The zero-order valence-electron chi connectivity index (χ0n) is 14.5. The zero-order chi connectivity index (χ0) is 20.3. The van der Waals surface area contributed by atoms with Gasteiger partial charge in [-0.15, -0.1) is 0 Å². The molecule has 0 saturated carbocycles. The standard InChI is InChI=1S/C18H15ClF3N5O/c1-28-14-7-6-10(19)8-13(14)27-17-15(23)16(24-9-25-17)26-12-5-3-2-4-11(12)18(20,21)22/h2-9H,23H2,1H3,(H2,24,25,26,27). The monoisotopic (exact) mass is 409 g/mol. The number of benzene rings is 2. The Morgan fingerprint density at radius 1 is 1.00 bits per heavy atom. The maximum atomic E-state index is 13.2. The van der Waals surface area contributed by atoms with Gasteiger partial charge in [0.1, 0.15) is 17.8 Å². The lowest BCUT2D eigenvalue weighted by atomic mass is 10.1. The minimum Gasteiger partial charge on any atom is -0.495 e. The molecular weight excluding hydrogens is 395 g/mol. The molecule has 0 aliphatic rings. The first kappa shape index (κ1) is 19.6. The maximum Gasteiger partial charge on any atom is 0.418 e. The first-order valence-electron chi connectivity index (χ1n) is 7.94. The molecule has 0 atom stereocenters. The quantitative estimate of drug-likeness (QED) is 0.535. The highest BCUT2D eigenvalue weighted by molar-refractivity contribution is 6.31. The SMILES string of the molecule is COc1ccc(Cl)cc1Nc1ncnc(Nc2ccccc2C(F)(F)F)c1N. The summed E-state index contributed by atoms with van der Waals surface area (Å²) in [6.45, 7) is 0. The third kappa shape index (κ3) is 4.20. The summed E-state index contributed by atoms with van der Waals surface area (Å²) < 4.78 is 44.8. The molecule has 0 bridgehead atoms. The van der Waals surface area contributed by atoms with Crippen LogP contribution in [0.25, 0.3) is 0 Å². The molecule has 10 heteroatoms. The molecule has 3 rings (SSSR count). The second-order valence-corrected chi connectivity index (χ2v) is 6.06. The van der Waals surface area contributed by atoms with E-state index in [2.05, 4.69) is 20.6 Å². The third-order valence-corrected chi connectivity index (χ3v) is 4.02. The Hall–Kier alpha value is -3.20. The van der Waals surface area contributed by atoms with Gasteiger partial charge in [-0.1, -0.05) is 23.7 Å². The second kappa shape index (κ2) is 7.81. The van der Waals surface area contributed by atoms with Crippen molar-refractivity contribution in [3.63, 3.8) is 0 Å². The van der Waals surface area contributed by atoms with Crippen LogP contribution in [-0.2, 0) is 6.18 Å². The highest BCUT2D eigenvalue weighted by Crippen LogP contribution is 2.38. The van der Waals surface area contributed by atoms with Crippen LogP contribution in [-0.4, -0.2) is 17.1 Å². The van der Waals surface area contributed by atoms with E-state index in [0.29, 0.717) is 16.5 Å². The molecular formula is C18H15ClF3N5O. The molecule has 6 nitrogen and oxygen atoms in total. The van der Waals surface area contributed by atoms with Gasteiger partial charge in [-0.25, -0.2) is 9.97 Å². The predicted molar refractivity (Wildman–Crippen MR) is 102 cm³/mol. The number of nitrogens with two attached hydrogens (primary N) is 1. The fourth-order valence-electron chi connectivity index (χ4n) is 2.47. The molecule has 0 aliphatic heterocycles. The molecule has 4 N–H and O–H groups in total. The van der Waals surface area contributed by atoms with Crippen LogP contribution in [0, 0.1) is 0 Å². The van der Waals surface area contributed by atoms with Crippen molar-refractivity contribution in [2.45, 2.75) is 6.18 Å². The number of para-hydroxylation sites is 1. The van der Waals surface area contributed by atoms with Crippen molar-refractivity contribution in [2.24, 2.45) is 0 Å². The summed E-state index contributed by atoms with van der Waals surface area (Å²) in [5, 5.41) is 6.03. The molecule has 3 aromatic rings. The number of halogens is 4. The number of methoxy groups -OCH3 is 1. The summed E-state index contributed by atoms with van der Waals surface area (Å²) in [6, 6.07) is 9.94. The van der Waals surface area contributed by atoms with Crippen molar-refractivity contribution in [1.82, 2.24) is 9.97 Å². The first-order chi connectivity index (χ1) is 13.3. The Balaban J connectivity index is 1.94. The van der Waals surface area contributed by atoms with Crippen molar-refractivity contribution >= 4 is 40.3 Å². The van der Waals surface area contributed by atoms with Gasteiger partial charge in [0.15, 0.2) is 11.6 Å². The minimum atomic E-state index is -4.53. The summed E-state index contributed by atoms with van der Waals surface area (Å²) in [5.41, 5.74) is 5.57. The molecule has 1 heterocycles. The summed E-state index contributed by atoms with van der Waals surface area (Å²) in [5.74, 6) is 0.692. The number of hydrogen-bond acceptors (Lipinski definition) is 6. The number of nitrogens with zero attached hydrogens (tertiary/aromatic N) is 2. The van der Waals surface area contributed by atoms with E-state index in [-0.39, 0.29) is 23.0 Å². The largest absolute Gasteiger partial charge is 0.495 e. The van der Waals surface area contributed by atoms with Gasteiger partial charge in [0, 0.05) is 5.02 Å². The highest BCUT2D eigenvalue weighted by atomic mass is 35.5. The van der Waals surface area contributed by atoms with E-state index < -0.39 is 11.7 Å². The van der Waals surface area contributed by atoms with Crippen molar-refractivity contribution < 1.29 is 17.9 Å². The normalized spacial score (nSPS) is 11.2. The zero-order valence-corrected chi connectivity index (χ0v) is 15.3. The first-order valence-corrected chi connectivity index (χ1v) is 8.31. The van der Waals surface area contributed by atoms with Gasteiger partial charge < -0.3 is 21.1 Å². The molecule has 0 spiro atoms. The van der Waals surface area contributed by atoms with Crippen molar-refractivity contribution in [3.8, 4) is 5.75 Å². The molecule has 28 heavy (non-hydrogen) atoms. The van der Waals surface area contributed by atoms with E-state index in [4.69, 9.17) is 22.1 Å². The Bertz CT molecular complexity index is 997. The molecule has 0 radical (unpaired) electrons. The number of nitrogens with one attached hydrogen (secondary N) is 2. The maximum absolute atomic E-state index is 13.2. The number of rotatable bonds is 5. The van der Waals surface area contributed by atoms with E-state index in [1.165, 1.54) is 31.6 Å². The van der Waals surface area contributed by atoms with Crippen LogP contribution in [0.15, 0.2) is 48.8 Å². The lowest BCUT2D eigenvalue weighted by Crippen LogP contribution is -2.11. The summed E-state index contributed by atoms with van der Waals surface area (Å²) in [6.07, 6.45) is -3.35. The fraction of sp³-hybridized carbons (Fsp3) is 0.111. The van der Waals surface area contributed by atoms with E-state index in [1.807, 2.05) is 0 Å². The summed E-state index contributed by atoms with van der Waals surface area (Å²) >= 11 is 6.00. The Labute approximate surface area is 163 Å². The number of anilines is 5. The van der Waals surface area contributed by atoms with Crippen molar-refractivity contribution in [1.29, 1.82) is 0 Å². The van der Waals surface area contributed by atoms with E-state index in [1.54, 1.807) is 18.2 Å². The molecule has 0 unspecified atom stereocenters. The van der Waals surface area contributed by atoms with Crippen LogP contribution >= 0.6 is 11.6 Å². The van der Waals surface area contributed by atoms with Crippen molar-refractivity contribution in [3.05, 3.63) is 59.4 Å². The Kier molecular flexibility index (Phi) is 5.46. The summed E-state index contributed by atoms with van der Waals surface area (Å²) in [4.78, 5) is 7.99. The minimum absolute atomic E-state index is 0.0233. The lowest BCUT2D eigenvalue weighted by molar-refractivity contribution is -0.136. The molecule has 0 aliphatic carbocycles. The predicted octanol–water partition coefficient (Wildman–Crippen LogP) is 5.23. The third-order valence-electron chi connectivity index (χ3n) is 3.78. The van der Waals surface area contributed by atoms with E-state index >= 15 is 0 Å². The van der Waals surface area contributed by atoms with Crippen LogP contribution in [0.5, 0.6) is 5.75 Å².